The molecule has 1 aliphatic carbocycles. The van der Waals surface area contributed by atoms with E-state index in [1.807, 2.05) is 0 Å². The minimum atomic E-state index is 0.505. The van der Waals surface area contributed by atoms with E-state index >= 15 is 0 Å². The monoisotopic (exact) mass is 127 g/mol. The summed E-state index contributed by atoms with van der Waals surface area (Å²) in [5, 5.41) is 0. The molecule has 2 atom stereocenters. The molecule has 2 N–H and O–H groups in total. The van der Waals surface area contributed by atoms with Gasteiger partial charge in [-0.25, -0.2) is 0 Å². The van der Waals surface area contributed by atoms with E-state index in [2.05, 4.69) is 13.8 Å². The van der Waals surface area contributed by atoms with Crippen LogP contribution in [-0.4, -0.2) is 6.04 Å². The lowest BCUT2D eigenvalue weighted by atomic mass is 9.92. The van der Waals surface area contributed by atoms with Gasteiger partial charge in [0.05, 0.1) is 0 Å². The summed E-state index contributed by atoms with van der Waals surface area (Å²) < 4.78 is 0. The average Bonchev–Trinajstić information content (AvgIpc) is 2.13. The van der Waals surface area contributed by atoms with Crippen molar-refractivity contribution in [3.8, 4) is 0 Å². The van der Waals surface area contributed by atoms with Gasteiger partial charge in [-0.15, -0.1) is 0 Å². The van der Waals surface area contributed by atoms with Crippen molar-refractivity contribution in [3.63, 3.8) is 0 Å². The second kappa shape index (κ2) is 2.70. The Morgan fingerprint density at radius 2 is 2.00 bits per heavy atom. The largest absolute Gasteiger partial charge is 0.327 e. The van der Waals surface area contributed by atoms with Crippen LogP contribution in [0.25, 0.3) is 0 Å². The van der Waals surface area contributed by atoms with E-state index in [1.54, 1.807) is 0 Å². The maximum absolute atomic E-state index is 5.88. The fraction of sp³-hybridized carbons (Fsp3) is 1.00. The van der Waals surface area contributed by atoms with Gasteiger partial charge in [-0.1, -0.05) is 20.3 Å². The Morgan fingerprint density at radius 1 is 1.33 bits per heavy atom. The number of rotatable bonds is 1. The highest BCUT2D eigenvalue weighted by atomic mass is 14.7. The Kier molecular flexibility index (Phi) is 2.12. The third-order valence-electron chi connectivity index (χ3n) is 2.48. The highest BCUT2D eigenvalue weighted by molar-refractivity contribution is 4.81. The van der Waals surface area contributed by atoms with E-state index in [9.17, 15) is 0 Å². The third-order valence-corrected chi connectivity index (χ3v) is 2.48. The average molecular weight is 127 g/mol. The number of hydrogen-bond acceptors (Lipinski definition) is 1. The lowest BCUT2D eigenvalue weighted by molar-refractivity contribution is 0.357. The van der Waals surface area contributed by atoms with E-state index in [4.69, 9.17) is 5.73 Å². The van der Waals surface area contributed by atoms with Gasteiger partial charge in [0.25, 0.3) is 0 Å². The molecule has 0 aromatic carbocycles. The van der Waals surface area contributed by atoms with Crippen LogP contribution in [0, 0.1) is 11.8 Å². The molecule has 54 valence electrons. The molecule has 1 nitrogen and oxygen atoms in total. The first-order valence-corrected chi connectivity index (χ1v) is 3.97. The highest BCUT2D eigenvalue weighted by Crippen LogP contribution is 2.29. The molecular formula is C8H17N. The summed E-state index contributed by atoms with van der Waals surface area (Å²) in [6.07, 6.45) is 3.96. The molecule has 0 unspecified atom stereocenters. The summed E-state index contributed by atoms with van der Waals surface area (Å²) >= 11 is 0. The molecule has 1 saturated carbocycles. The normalized spacial score (nSPS) is 36.0. The van der Waals surface area contributed by atoms with Gasteiger partial charge in [0.2, 0.25) is 0 Å². The lowest BCUT2D eigenvalue weighted by Crippen LogP contribution is -2.27. The summed E-state index contributed by atoms with van der Waals surface area (Å²) in [4.78, 5) is 0. The van der Waals surface area contributed by atoms with Gasteiger partial charge in [0.15, 0.2) is 0 Å². The predicted molar refractivity (Wildman–Crippen MR) is 40.2 cm³/mol. The van der Waals surface area contributed by atoms with Crippen LogP contribution >= 0.6 is 0 Å². The first-order valence-electron chi connectivity index (χ1n) is 3.97. The maximum Gasteiger partial charge on any atom is 0.00696 e. The van der Waals surface area contributed by atoms with E-state index in [1.165, 1.54) is 19.3 Å². The summed E-state index contributed by atoms with van der Waals surface area (Å²) in [6.45, 7) is 4.55. The molecule has 0 aliphatic heterocycles. The van der Waals surface area contributed by atoms with E-state index in [-0.39, 0.29) is 0 Å². The van der Waals surface area contributed by atoms with E-state index in [0.717, 1.165) is 11.8 Å². The van der Waals surface area contributed by atoms with Crippen molar-refractivity contribution in [3.05, 3.63) is 0 Å². The molecule has 0 spiro atoms. The van der Waals surface area contributed by atoms with E-state index < -0.39 is 0 Å². The van der Waals surface area contributed by atoms with Gasteiger partial charge in [0.1, 0.15) is 0 Å². The quantitative estimate of drug-likeness (QED) is 0.570. The zero-order valence-corrected chi connectivity index (χ0v) is 6.43. The standard InChI is InChI=1S/C8H17N/c1-6(2)7-4-3-5-8(7)9/h6-8H,3-5,9H2,1-2H3/t7-,8-/m1/s1. The summed E-state index contributed by atoms with van der Waals surface area (Å²) in [6, 6.07) is 0.505. The molecule has 0 amide bonds. The van der Waals surface area contributed by atoms with Crippen molar-refractivity contribution in [1.82, 2.24) is 0 Å². The minimum Gasteiger partial charge on any atom is -0.327 e. The van der Waals surface area contributed by atoms with Gasteiger partial charge < -0.3 is 5.73 Å². The van der Waals surface area contributed by atoms with Crippen LogP contribution in [0.3, 0.4) is 0 Å². The van der Waals surface area contributed by atoms with Crippen LogP contribution in [0.2, 0.25) is 0 Å². The molecule has 1 heteroatoms. The SMILES string of the molecule is CC(C)[C@H]1CCC[C@H]1N. The Labute approximate surface area is 57.6 Å². The second-order valence-electron chi connectivity index (χ2n) is 3.50. The number of nitrogens with two attached hydrogens (primary N) is 1. The van der Waals surface area contributed by atoms with Gasteiger partial charge in [0, 0.05) is 6.04 Å². The fourth-order valence-corrected chi connectivity index (χ4v) is 1.85. The molecule has 1 rings (SSSR count). The summed E-state index contributed by atoms with van der Waals surface area (Å²) in [5.41, 5.74) is 5.88. The number of hydrogen-bond donors (Lipinski definition) is 1. The van der Waals surface area contributed by atoms with Crippen LogP contribution in [0.15, 0.2) is 0 Å². The predicted octanol–water partition coefficient (Wildman–Crippen LogP) is 1.77. The molecule has 9 heavy (non-hydrogen) atoms. The molecule has 0 radical (unpaired) electrons. The van der Waals surface area contributed by atoms with Crippen molar-refractivity contribution in [2.75, 3.05) is 0 Å². The summed E-state index contributed by atoms with van der Waals surface area (Å²) in [7, 11) is 0. The van der Waals surface area contributed by atoms with Crippen LogP contribution in [0.1, 0.15) is 33.1 Å². The van der Waals surface area contributed by atoms with Crippen molar-refractivity contribution in [2.24, 2.45) is 17.6 Å². The maximum atomic E-state index is 5.88. The van der Waals surface area contributed by atoms with Crippen molar-refractivity contribution in [2.45, 2.75) is 39.2 Å². The summed E-state index contributed by atoms with van der Waals surface area (Å²) in [5.74, 6) is 1.60. The Bertz CT molecular complexity index is 88.6. The Balaban J connectivity index is 2.40. The van der Waals surface area contributed by atoms with Gasteiger partial charge in [-0.2, -0.15) is 0 Å². The molecule has 0 heterocycles. The Morgan fingerprint density at radius 3 is 2.22 bits per heavy atom. The van der Waals surface area contributed by atoms with Gasteiger partial charge >= 0.3 is 0 Å². The zero-order chi connectivity index (χ0) is 6.85. The third kappa shape index (κ3) is 1.45. The van der Waals surface area contributed by atoms with Crippen LogP contribution in [0.4, 0.5) is 0 Å². The molecule has 0 bridgehead atoms. The van der Waals surface area contributed by atoms with E-state index in [0.29, 0.717) is 6.04 Å². The minimum absolute atomic E-state index is 0.505. The molecular weight excluding hydrogens is 110 g/mol. The first kappa shape index (κ1) is 7.07. The smallest absolute Gasteiger partial charge is 0.00696 e. The fourth-order valence-electron chi connectivity index (χ4n) is 1.85. The molecule has 1 fully saturated rings. The lowest BCUT2D eigenvalue weighted by Gasteiger charge is -2.18. The molecule has 1 aliphatic rings. The molecule has 0 aromatic heterocycles. The van der Waals surface area contributed by atoms with Gasteiger partial charge in [-0.3, -0.25) is 0 Å². The van der Waals surface area contributed by atoms with Crippen molar-refractivity contribution >= 4 is 0 Å². The second-order valence-corrected chi connectivity index (χ2v) is 3.50. The zero-order valence-electron chi connectivity index (χ0n) is 6.43. The topological polar surface area (TPSA) is 26.0 Å². The molecule has 0 aromatic rings. The highest BCUT2D eigenvalue weighted by Gasteiger charge is 2.25. The Hall–Kier alpha value is -0.0400. The van der Waals surface area contributed by atoms with Crippen LogP contribution < -0.4 is 5.73 Å². The van der Waals surface area contributed by atoms with Crippen molar-refractivity contribution in [1.29, 1.82) is 0 Å². The molecule has 0 saturated heterocycles. The first-order chi connectivity index (χ1) is 4.22. The van der Waals surface area contributed by atoms with Crippen LogP contribution in [0.5, 0.6) is 0 Å². The van der Waals surface area contributed by atoms with Gasteiger partial charge in [-0.05, 0) is 24.7 Å². The van der Waals surface area contributed by atoms with Crippen LogP contribution in [-0.2, 0) is 0 Å². The van der Waals surface area contributed by atoms with Crippen molar-refractivity contribution < 1.29 is 0 Å².